The first-order valence-corrected chi connectivity index (χ1v) is 7.23. The van der Waals surface area contributed by atoms with Gasteiger partial charge in [0.2, 0.25) is 0 Å². The molecule has 0 saturated heterocycles. The fraction of sp³-hybridized carbons (Fsp3) is 0.333. The maximum Gasteiger partial charge on any atom is 0.126 e. The van der Waals surface area contributed by atoms with Crippen molar-refractivity contribution in [1.82, 2.24) is 5.32 Å². The second-order valence-corrected chi connectivity index (χ2v) is 5.51. The third-order valence-corrected chi connectivity index (χ3v) is 4.06. The van der Waals surface area contributed by atoms with Crippen molar-refractivity contribution >= 4 is 11.3 Å². The lowest BCUT2D eigenvalue weighted by molar-refractivity contribution is 0.560. The van der Waals surface area contributed by atoms with Gasteiger partial charge in [0.25, 0.3) is 0 Å². The highest BCUT2D eigenvalue weighted by atomic mass is 32.1. The minimum absolute atomic E-state index is 0.148. The molecule has 102 valence electrons. The summed E-state index contributed by atoms with van der Waals surface area (Å²) in [7, 11) is 0. The summed E-state index contributed by atoms with van der Waals surface area (Å²) in [6.45, 7) is 4.89. The zero-order chi connectivity index (χ0) is 13.8. The standard InChI is InChI=1S/C15H17F2NS/c1-3-5-18-14(15-10(2)4-6-19-15)11-7-12(16)9-13(17)8-11/h4,6-9,14,18H,3,5H2,1-2H3. The summed E-state index contributed by atoms with van der Waals surface area (Å²) in [5, 5.41) is 5.36. The third kappa shape index (κ3) is 3.39. The molecular weight excluding hydrogens is 264 g/mol. The van der Waals surface area contributed by atoms with Gasteiger partial charge in [-0.25, -0.2) is 8.78 Å². The minimum atomic E-state index is -0.535. The van der Waals surface area contributed by atoms with Gasteiger partial charge in [0, 0.05) is 10.9 Å². The summed E-state index contributed by atoms with van der Waals surface area (Å²) in [5.41, 5.74) is 1.78. The Labute approximate surface area is 116 Å². The van der Waals surface area contributed by atoms with E-state index in [1.165, 1.54) is 12.1 Å². The first-order chi connectivity index (χ1) is 9.11. The highest BCUT2D eigenvalue weighted by Crippen LogP contribution is 2.30. The molecule has 1 atom stereocenters. The maximum atomic E-state index is 13.4. The molecule has 0 fully saturated rings. The largest absolute Gasteiger partial charge is 0.306 e. The summed E-state index contributed by atoms with van der Waals surface area (Å²) in [6, 6.07) is 5.58. The number of thiophene rings is 1. The number of halogens is 2. The molecule has 0 bridgehead atoms. The van der Waals surface area contributed by atoms with Gasteiger partial charge in [0.05, 0.1) is 6.04 Å². The molecule has 0 aliphatic rings. The van der Waals surface area contributed by atoms with E-state index in [2.05, 4.69) is 12.2 Å². The number of hydrogen-bond donors (Lipinski definition) is 1. The van der Waals surface area contributed by atoms with E-state index in [-0.39, 0.29) is 6.04 Å². The van der Waals surface area contributed by atoms with Crippen LogP contribution in [0, 0.1) is 18.6 Å². The highest BCUT2D eigenvalue weighted by Gasteiger charge is 2.18. The van der Waals surface area contributed by atoms with E-state index in [1.54, 1.807) is 11.3 Å². The first kappa shape index (κ1) is 14.2. The topological polar surface area (TPSA) is 12.0 Å². The van der Waals surface area contributed by atoms with Crippen LogP contribution in [-0.2, 0) is 0 Å². The molecule has 4 heteroatoms. The van der Waals surface area contributed by atoms with E-state index in [9.17, 15) is 8.78 Å². The van der Waals surface area contributed by atoms with Crippen molar-refractivity contribution in [3.8, 4) is 0 Å². The molecule has 1 aromatic heterocycles. The summed E-state index contributed by atoms with van der Waals surface area (Å²) in [5.74, 6) is -1.07. The van der Waals surface area contributed by atoms with Crippen molar-refractivity contribution in [2.24, 2.45) is 0 Å². The molecule has 0 spiro atoms. The molecule has 0 amide bonds. The van der Waals surface area contributed by atoms with Crippen LogP contribution in [0.3, 0.4) is 0 Å². The predicted molar refractivity (Wildman–Crippen MR) is 75.6 cm³/mol. The fourth-order valence-electron chi connectivity index (χ4n) is 2.07. The van der Waals surface area contributed by atoms with E-state index < -0.39 is 11.6 Å². The van der Waals surface area contributed by atoms with Crippen LogP contribution in [0.15, 0.2) is 29.6 Å². The highest BCUT2D eigenvalue weighted by molar-refractivity contribution is 7.10. The molecule has 19 heavy (non-hydrogen) atoms. The van der Waals surface area contributed by atoms with E-state index >= 15 is 0 Å². The Morgan fingerprint density at radius 1 is 1.21 bits per heavy atom. The van der Waals surface area contributed by atoms with Gasteiger partial charge >= 0.3 is 0 Å². The van der Waals surface area contributed by atoms with Crippen LogP contribution in [0.2, 0.25) is 0 Å². The van der Waals surface area contributed by atoms with Gasteiger partial charge in [-0.15, -0.1) is 11.3 Å². The molecule has 0 aliphatic carbocycles. The third-order valence-electron chi connectivity index (χ3n) is 2.98. The van der Waals surface area contributed by atoms with E-state index in [0.717, 1.165) is 29.5 Å². The Kier molecular flexibility index (Phi) is 4.66. The Bertz CT molecular complexity index is 531. The second kappa shape index (κ2) is 6.26. The second-order valence-electron chi connectivity index (χ2n) is 4.56. The molecule has 1 aromatic carbocycles. The van der Waals surface area contributed by atoms with Crippen molar-refractivity contribution in [3.63, 3.8) is 0 Å². The Balaban J connectivity index is 2.39. The molecule has 0 saturated carbocycles. The molecule has 1 nitrogen and oxygen atoms in total. The number of hydrogen-bond acceptors (Lipinski definition) is 2. The SMILES string of the molecule is CCCNC(c1cc(F)cc(F)c1)c1sccc1C. The van der Waals surface area contributed by atoms with Crippen molar-refractivity contribution < 1.29 is 8.78 Å². The summed E-state index contributed by atoms with van der Waals surface area (Å²) in [4.78, 5) is 1.11. The monoisotopic (exact) mass is 281 g/mol. The van der Waals surface area contributed by atoms with Gasteiger partial charge in [-0.1, -0.05) is 6.92 Å². The van der Waals surface area contributed by atoms with Crippen LogP contribution in [0.25, 0.3) is 0 Å². The average Bonchev–Trinajstić information content (AvgIpc) is 2.75. The maximum absolute atomic E-state index is 13.4. The van der Waals surface area contributed by atoms with Crippen LogP contribution < -0.4 is 5.32 Å². The lowest BCUT2D eigenvalue weighted by Gasteiger charge is -2.19. The smallest absolute Gasteiger partial charge is 0.126 e. The van der Waals surface area contributed by atoms with Crippen LogP contribution >= 0.6 is 11.3 Å². The molecule has 1 N–H and O–H groups in total. The van der Waals surface area contributed by atoms with Crippen molar-refractivity contribution in [2.75, 3.05) is 6.54 Å². The predicted octanol–water partition coefficient (Wildman–Crippen LogP) is 4.42. The quantitative estimate of drug-likeness (QED) is 0.855. The van der Waals surface area contributed by atoms with Crippen molar-refractivity contribution in [2.45, 2.75) is 26.3 Å². The Morgan fingerprint density at radius 2 is 1.89 bits per heavy atom. The normalized spacial score (nSPS) is 12.6. The number of nitrogens with one attached hydrogen (secondary N) is 1. The molecular formula is C15H17F2NS. The van der Waals surface area contributed by atoms with E-state index in [4.69, 9.17) is 0 Å². The fourth-order valence-corrected chi connectivity index (χ4v) is 3.10. The van der Waals surface area contributed by atoms with Gasteiger partial charge in [0.1, 0.15) is 11.6 Å². The molecule has 0 radical (unpaired) electrons. The van der Waals surface area contributed by atoms with Crippen molar-refractivity contribution in [3.05, 3.63) is 57.3 Å². The van der Waals surface area contributed by atoms with Crippen molar-refractivity contribution in [1.29, 1.82) is 0 Å². The minimum Gasteiger partial charge on any atom is -0.306 e. The zero-order valence-corrected chi connectivity index (χ0v) is 11.9. The van der Waals surface area contributed by atoms with Crippen LogP contribution in [0.4, 0.5) is 8.78 Å². The van der Waals surface area contributed by atoms with E-state index in [1.807, 2.05) is 18.4 Å². The van der Waals surface area contributed by atoms with Crippen LogP contribution in [0.5, 0.6) is 0 Å². The van der Waals surface area contributed by atoms with Gasteiger partial charge in [-0.3, -0.25) is 0 Å². The lowest BCUT2D eigenvalue weighted by Crippen LogP contribution is -2.23. The first-order valence-electron chi connectivity index (χ1n) is 6.35. The summed E-state index contributed by atoms with van der Waals surface area (Å²) in [6.07, 6.45) is 0.971. The summed E-state index contributed by atoms with van der Waals surface area (Å²) >= 11 is 1.61. The van der Waals surface area contributed by atoms with Gasteiger partial charge in [-0.2, -0.15) is 0 Å². The number of benzene rings is 1. The van der Waals surface area contributed by atoms with Gasteiger partial charge in [-0.05, 0) is 54.6 Å². The number of aryl methyl sites for hydroxylation is 1. The average molecular weight is 281 g/mol. The Morgan fingerprint density at radius 3 is 2.42 bits per heavy atom. The lowest BCUT2D eigenvalue weighted by atomic mass is 10.0. The zero-order valence-electron chi connectivity index (χ0n) is 11.0. The van der Waals surface area contributed by atoms with Crippen LogP contribution in [-0.4, -0.2) is 6.54 Å². The number of rotatable bonds is 5. The summed E-state index contributed by atoms with van der Waals surface area (Å²) < 4.78 is 26.8. The van der Waals surface area contributed by atoms with Gasteiger partial charge < -0.3 is 5.32 Å². The molecule has 2 aromatic rings. The molecule has 2 rings (SSSR count). The van der Waals surface area contributed by atoms with Gasteiger partial charge in [0.15, 0.2) is 0 Å². The molecule has 0 aliphatic heterocycles. The molecule has 1 unspecified atom stereocenters. The Hall–Kier alpha value is -1.26. The van der Waals surface area contributed by atoms with E-state index in [0.29, 0.717) is 5.56 Å². The molecule has 1 heterocycles. The van der Waals surface area contributed by atoms with Crippen LogP contribution in [0.1, 0.15) is 35.4 Å².